The van der Waals surface area contributed by atoms with Crippen molar-refractivity contribution in [3.8, 4) is 0 Å². The average Bonchev–Trinajstić information content (AvgIpc) is 2.16. The highest BCUT2D eigenvalue weighted by molar-refractivity contribution is 5.16. The van der Waals surface area contributed by atoms with Gasteiger partial charge in [-0.05, 0) is 18.4 Å². The van der Waals surface area contributed by atoms with E-state index in [-0.39, 0.29) is 7.43 Å². The molecule has 0 bridgehead atoms. The van der Waals surface area contributed by atoms with Crippen molar-refractivity contribution in [3.05, 3.63) is 48.0 Å². The maximum Gasteiger partial charge on any atom is 0.0134 e. The van der Waals surface area contributed by atoms with E-state index < -0.39 is 0 Å². The van der Waals surface area contributed by atoms with Gasteiger partial charge in [-0.3, -0.25) is 0 Å². The zero-order chi connectivity index (χ0) is 8.81. The molecule has 0 unspecified atom stereocenters. The first-order chi connectivity index (χ1) is 5.83. The summed E-state index contributed by atoms with van der Waals surface area (Å²) < 4.78 is 0. The number of aryl methyl sites for hydroxylation is 1. The normalized spacial score (nSPS) is 9.00. The zero-order valence-electron chi connectivity index (χ0n) is 7.29. The summed E-state index contributed by atoms with van der Waals surface area (Å²) in [5.41, 5.74) is 7.91. The van der Waals surface area contributed by atoms with Crippen molar-refractivity contribution in [2.75, 3.05) is 6.54 Å². The van der Waals surface area contributed by atoms with Crippen molar-refractivity contribution in [1.29, 1.82) is 0 Å². The van der Waals surface area contributed by atoms with Gasteiger partial charge in [-0.2, -0.15) is 0 Å². The van der Waals surface area contributed by atoms with E-state index in [1.807, 2.05) is 6.07 Å². The Hall–Kier alpha value is -1.08. The minimum Gasteiger partial charge on any atom is -0.327 e. The molecule has 0 saturated heterocycles. The Morgan fingerprint density at radius 2 is 1.85 bits per heavy atom. The molecule has 1 heteroatoms. The van der Waals surface area contributed by atoms with Crippen LogP contribution in [0.2, 0.25) is 0 Å². The highest BCUT2D eigenvalue weighted by Gasteiger charge is 1.93. The van der Waals surface area contributed by atoms with Crippen molar-refractivity contribution >= 4 is 0 Å². The Labute approximate surface area is 81.3 Å². The van der Waals surface area contributed by atoms with Crippen LogP contribution in [0.3, 0.4) is 0 Å². The second kappa shape index (κ2) is 6.44. The molecule has 0 aliphatic carbocycles. The maximum absolute atomic E-state index is 5.44. The lowest BCUT2D eigenvalue weighted by Gasteiger charge is -2.01. The van der Waals surface area contributed by atoms with E-state index in [0.717, 1.165) is 18.4 Å². The Morgan fingerprint density at radius 1 is 1.23 bits per heavy atom. The molecule has 0 aliphatic heterocycles. The van der Waals surface area contributed by atoms with Gasteiger partial charge in [-0.25, -0.2) is 0 Å². The minimum absolute atomic E-state index is 0. The van der Waals surface area contributed by atoms with Gasteiger partial charge in [-0.15, -0.1) is 0 Å². The second-order valence-corrected chi connectivity index (χ2v) is 2.94. The number of hydrogen-bond donors (Lipinski definition) is 1. The van der Waals surface area contributed by atoms with Crippen LogP contribution < -0.4 is 5.73 Å². The molecular weight excluding hydrogens is 158 g/mol. The van der Waals surface area contributed by atoms with Crippen LogP contribution in [-0.2, 0) is 6.42 Å². The van der Waals surface area contributed by atoms with Crippen molar-refractivity contribution in [2.45, 2.75) is 20.3 Å². The molecule has 0 amide bonds. The summed E-state index contributed by atoms with van der Waals surface area (Å²) in [6.45, 7) is 4.47. The smallest absolute Gasteiger partial charge is 0.0134 e. The third kappa shape index (κ3) is 4.48. The first-order valence-electron chi connectivity index (χ1n) is 4.23. The van der Waals surface area contributed by atoms with E-state index in [9.17, 15) is 0 Å². The molecular formula is C12H19N. The average molecular weight is 177 g/mol. The van der Waals surface area contributed by atoms with Gasteiger partial charge in [0.05, 0.1) is 0 Å². The van der Waals surface area contributed by atoms with Gasteiger partial charge >= 0.3 is 0 Å². The number of nitrogens with two attached hydrogens (primary N) is 1. The summed E-state index contributed by atoms with van der Waals surface area (Å²) in [6.07, 6.45) is 2.05. The van der Waals surface area contributed by atoms with Crippen LogP contribution in [0.1, 0.15) is 19.4 Å². The molecule has 0 aliphatic rings. The lowest BCUT2D eigenvalue weighted by Crippen LogP contribution is -2.02. The minimum atomic E-state index is 0. The van der Waals surface area contributed by atoms with Crippen LogP contribution >= 0.6 is 0 Å². The van der Waals surface area contributed by atoms with Gasteiger partial charge in [0, 0.05) is 6.54 Å². The maximum atomic E-state index is 5.44. The molecule has 0 saturated carbocycles. The molecule has 0 spiro atoms. The van der Waals surface area contributed by atoms with Crippen molar-refractivity contribution in [3.63, 3.8) is 0 Å². The van der Waals surface area contributed by atoms with Crippen molar-refractivity contribution in [1.82, 2.24) is 0 Å². The van der Waals surface area contributed by atoms with E-state index in [0.29, 0.717) is 6.54 Å². The van der Waals surface area contributed by atoms with Gasteiger partial charge in [0.15, 0.2) is 0 Å². The van der Waals surface area contributed by atoms with Gasteiger partial charge in [0.1, 0.15) is 0 Å². The fourth-order valence-electron chi connectivity index (χ4n) is 1.07. The molecule has 1 aromatic carbocycles. The lowest BCUT2D eigenvalue weighted by molar-refractivity contribution is 0.908. The van der Waals surface area contributed by atoms with Crippen LogP contribution in [0, 0.1) is 0 Å². The predicted molar refractivity (Wildman–Crippen MR) is 59.7 cm³/mol. The Bertz CT molecular complexity index is 239. The van der Waals surface area contributed by atoms with Crippen LogP contribution in [-0.4, -0.2) is 6.54 Å². The summed E-state index contributed by atoms with van der Waals surface area (Å²) in [5, 5.41) is 0. The standard InChI is InChI=1S/C11H15N.CH4/c1-10(9-12)7-8-11-5-3-2-4-6-11;/h2-6H,1,7-9,12H2;1H4. The first kappa shape index (κ1) is 11.9. The van der Waals surface area contributed by atoms with E-state index in [1.165, 1.54) is 5.56 Å². The largest absolute Gasteiger partial charge is 0.327 e. The summed E-state index contributed by atoms with van der Waals surface area (Å²) in [4.78, 5) is 0. The summed E-state index contributed by atoms with van der Waals surface area (Å²) >= 11 is 0. The summed E-state index contributed by atoms with van der Waals surface area (Å²) in [7, 11) is 0. The quantitative estimate of drug-likeness (QED) is 0.703. The Morgan fingerprint density at radius 3 is 2.38 bits per heavy atom. The zero-order valence-corrected chi connectivity index (χ0v) is 7.29. The predicted octanol–water partition coefficient (Wildman–Crippen LogP) is 2.77. The third-order valence-corrected chi connectivity index (χ3v) is 1.90. The SMILES string of the molecule is C.C=C(CN)CCc1ccccc1. The molecule has 0 atom stereocenters. The highest BCUT2D eigenvalue weighted by Crippen LogP contribution is 2.05. The molecule has 1 rings (SSSR count). The first-order valence-corrected chi connectivity index (χ1v) is 4.23. The Balaban J connectivity index is 0.00000144. The van der Waals surface area contributed by atoms with Gasteiger partial charge < -0.3 is 5.73 Å². The third-order valence-electron chi connectivity index (χ3n) is 1.90. The van der Waals surface area contributed by atoms with Gasteiger partial charge in [-0.1, -0.05) is 49.9 Å². The van der Waals surface area contributed by atoms with Crippen molar-refractivity contribution < 1.29 is 0 Å². The number of hydrogen-bond acceptors (Lipinski definition) is 1. The number of rotatable bonds is 4. The number of benzene rings is 1. The molecule has 2 N–H and O–H groups in total. The van der Waals surface area contributed by atoms with Crippen LogP contribution in [0.25, 0.3) is 0 Å². The second-order valence-electron chi connectivity index (χ2n) is 2.94. The lowest BCUT2D eigenvalue weighted by atomic mass is 10.1. The molecule has 72 valence electrons. The van der Waals surface area contributed by atoms with E-state index in [2.05, 4.69) is 30.8 Å². The molecule has 0 aromatic heterocycles. The summed E-state index contributed by atoms with van der Waals surface area (Å²) in [6, 6.07) is 10.4. The molecule has 0 heterocycles. The fraction of sp³-hybridized carbons (Fsp3) is 0.333. The highest BCUT2D eigenvalue weighted by atomic mass is 14.5. The van der Waals surface area contributed by atoms with E-state index in [4.69, 9.17) is 5.73 Å². The molecule has 1 nitrogen and oxygen atoms in total. The van der Waals surface area contributed by atoms with Gasteiger partial charge in [0.2, 0.25) is 0 Å². The van der Waals surface area contributed by atoms with E-state index >= 15 is 0 Å². The monoisotopic (exact) mass is 177 g/mol. The van der Waals surface area contributed by atoms with Gasteiger partial charge in [0.25, 0.3) is 0 Å². The van der Waals surface area contributed by atoms with Crippen molar-refractivity contribution in [2.24, 2.45) is 5.73 Å². The van der Waals surface area contributed by atoms with Crippen LogP contribution in [0.4, 0.5) is 0 Å². The van der Waals surface area contributed by atoms with Crippen LogP contribution in [0.15, 0.2) is 42.5 Å². The van der Waals surface area contributed by atoms with E-state index in [1.54, 1.807) is 0 Å². The topological polar surface area (TPSA) is 26.0 Å². The molecule has 13 heavy (non-hydrogen) atoms. The van der Waals surface area contributed by atoms with Crippen LogP contribution in [0.5, 0.6) is 0 Å². The molecule has 0 radical (unpaired) electrons. The molecule has 0 fully saturated rings. The fourth-order valence-corrected chi connectivity index (χ4v) is 1.07. The Kier molecular flexibility index (Phi) is 5.90. The molecule has 1 aromatic rings. The summed E-state index contributed by atoms with van der Waals surface area (Å²) in [5.74, 6) is 0.